The molecule has 2 aromatic carbocycles. The van der Waals surface area contributed by atoms with Crippen LogP contribution in [0.4, 0.5) is 5.69 Å². The lowest BCUT2D eigenvalue weighted by Gasteiger charge is -2.29. The Morgan fingerprint density at radius 2 is 1.82 bits per heavy atom. The van der Waals surface area contributed by atoms with Crippen molar-refractivity contribution in [2.75, 3.05) is 31.3 Å². The van der Waals surface area contributed by atoms with E-state index in [1.54, 1.807) is 49.4 Å². The van der Waals surface area contributed by atoms with Crippen molar-refractivity contribution in [2.45, 2.75) is 32.4 Å². The Morgan fingerprint density at radius 3 is 2.41 bits per heavy atom. The number of amides is 2. The Morgan fingerprint density at radius 1 is 1.12 bits per heavy atom. The highest BCUT2D eigenvalue weighted by atomic mass is 35.5. The molecule has 0 heterocycles. The van der Waals surface area contributed by atoms with Crippen LogP contribution in [-0.4, -0.2) is 58.1 Å². The zero-order valence-corrected chi connectivity index (χ0v) is 21.9. The molecule has 0 aliphatic rings. The van der Waals surface area contributed by atoms with Crippen molar-refractivity contribution >= 4 is 50.7 Å². The molecule has 186 valence electrons. The number of benzene rings is 2. The number of likely N-dealkylation sites (N-methyl/N-ethyl adjacent to an activating group) is 1. The fourth-order valence-corrected chi connectivity index (χ4v) is 4.67. The number of nitrogens with one attached hydrogen (secondary N) is 1. The largest absolute Gasteiger partial charge is 0.497 e. The quantitative estimate of drug-likeness (QED) is 0.478. The molecule has 0 aromatic heterocycles. The Hall–Kier alpha value is -2.49. The van der Waals surface area contributed by atoms with Crippen LogP contribution in [-0.2, 0) is 26.2 Å². The molecular weight excluding hydrogens is 501 g/mol. The highest BCUT2D eigenvalue weighted by Gasteiger charge is 2.26. The van der Waals surface area contributed by atoms with Crippen LogP contribution >= 0.6 is 23.2 Å². The summed E-state index contributed by atoms with van der Waals surface area (Å²) in [6.45, 7) is 1.87. The Kier molecular flexibility index (Phi) is 10.0. The summed E-state index contributed by atoms with van der Waals surface area (Å²) in [4.78, 5) is 26.8. The van der Waals surface area contributed by atoms with E-state index in [-0.39, 0.29) is 37.7 Å². The van der Waals surface area contributed by atoms with Crippen LogP contribution < -0.4 is 14.4 Å². The molecule has 1 atom stereocenters. The van der Waals surface area contributed by atoms with Crippen molar-refractivity contribution < 1.29 is 22.7 Å². The maximum atomic E-state index is 13.1. The van der Waals surface area contributed by atoms with Crippen LogP contribution in [0.25, 0.3) is 0 Å². The van der Waals surface area contributed by atoms with Crippen LogP contribution in [0.15, 0.2) is 42.5 Å². The molecule has 0 radical (unpaired) electrons. The Bertz CT molecular complexity index is 1130. The fraction of sp³-hybridized carbons (Fsp3) is 0.391. The fourth-order valence-electron chi connectivity index (χ4n) is 3.40. The standard InChI is InChI=1S/C23H29Cl2N3O5S/c1-16(23(30)26-2)27(15-17-10-11-20(24)21(25)13-17)22(29)9-6-12-28(34(4,31)32)18-7-5-8-19(14-18)33-3/h5,7-8,10-11,13-14,16H,6,9,12,15H2,1-4H3,(H,26,30). The van der Waals surface area contributed by atoms with Crippen LogP contribution in [0.2, 0.25) is 10.0 Å². The number of sulfonamides is 1. The molecule has 0 fully saturated rings. The van der Waals surface area contributed by atoms with E-state index in [1.165, 1.54) is 23.4 Å². The first-order valence-corrected chi connectivity index (χ1v) is 13.1. The Labute approximate surface area is 210 Å². The van der Waals surface area contributed by atoms with Crippen molar-refractivity contribution in [1.82, 2.24) is 10.2 Å². The number of nitrogens with zero attached hydrogens (tertiary/aromatic N) is 2. The number of rotatable bonds is 11. The van der Waals surface area contributed by atoms with Crippen LogP contribution in [0.1, 0.15) is 25.3 Å². The lowest BCUT2D eigenvalue weighted by molar-refractivity contribution is -0.140. The van der Waals surface area contributed by atoms with Gasteiger partial charge in [0.2, 0.25) is 21.8 Å². The number of carbonyl (C=O) groups excluding carboxylic acids is 2. The minimum atomic E-state index is -3.59. The molecule has 2 amide bonds. The molecule has 34 heavy (non-hydrogen) atoms. The SMILES string of the molecule is CNC(=O)C(C)N(Cc1ccc(Cl)c(Cl)c1)C(=O)CCCN(c1cccc(OC)c1)S(C)(=O)=O. The van der Waals surface area contributed by atoms with Crippen molar-refractivity contribution in [3.05, 3.63) is 58.1 Å². The molecule has 2 aromatic rings. The van der Waals surface area contributed by atoms with E-state index >= 15 is 0 Å². The van der Waals surface area contributed by atoms with Gasteiger partial charge in [0, 0.05) is 32.6 Å². The zero-order chi connectivity index (χ0) is 25.5. The predicted octanol–water partition coefficient (Wildman–Crippen LogP) is 3.71. The molecule has 8 nitrogen and oxygen atoms in total. The predicted molar refractivity (Wildman–Crippen MR) is 135 cm³/mol. The van der Waals surface area contributed by atoms with Gasteiger partial charge < -0.3 is 15.0 Å². The first-order chi connectivity index (χ1) is 16.0. The van der Waals surface area contributed by atoms with E-state index in [2.05, 4.69) is 5.32 Å². The van der Waals surface area contributed by atoms with Gasteiger partial charge in [0.25, 0.3) is 0 Å². The highest BCUT2D eigenvalue weighted by molar-refractivity contribution is 7.92. The van der Waals surface area contributed by atoms with Crippen molar-refractivity contribution in [3.8, 4) is 5.75 Å². The lowest BCUT2D eigenvalue weighted by atomic mass is 10.1. The van der Waals surface area contributed by atoms with Gasteiger partial charge in [-0.15, -0.1) is 0 Å². The molecule has 0 spiro atoms. The highest BCUT2D eigenvalue weighted by Crippen LogP contribution is 2.25. The first kappa shape index (κ1) is 27.8. The van der Waals surface area contributed by atoms with Crippen molar-refractivity contribution in [1.29, 1.82) is 0 Å². The molecule has 0 bridgehead atoms. The number of halogens is 2. The number of methoxy groups -OCH3 is 1. The smallest absolute Gasteiger partial charge is 0.242 e. The molecule has 0 saturated heterocycles. The summed E-state index contributed by atoms with van der Waals surface area (Å²) in [5.41, 5.74) is 1.16. The summed E-state index contributed by atoms with van der Waals surface area (Å²) in [5.74, 6) is -0.0850. The molecule has 2 rings (SSSR count). The average molecular weight is 530 g/mol. The monoisotopic (exact) mass is 529 g/mol. The third kappa shape index (κ3) is 7.51. The molecule has 0 aliphatic heterocycles. The lowest BCUT2D eigenvalue weighted by Crippen LogP contribution is -2.46. The second-order valence-corrected chi connectivity index (χ2v) is 10.4. The van der Waals surface area contributed by atoms with Gasteiger partial charge in [-0.25, -0.2) is 8.42 Å². The van der Waals surface area contributed by atoms with Gasteiger partial charge in [-0.05, 0) is 43.2 Å². The third-order valence-corrected chi connectivity index (χ3v) is 7.18. The number of hydrogen-bond acceptors (Lipinski definition) is 5. The van der Waals surface area contributed by atoms with Gasteiger partial charge >= 0.3 is 0 Å². The maximum Gasteiger partial charge on any atom is 0.242 e. The van der Waals surface area contributed by atoms with E-state index in [1.807, 2.05) is 0 Å². The van der Waals surface area contributed by atoms with Gasteiger partial charge in [0.05, 0.1) is 29.1 Å². The molecular formula is C23H29Cl2N3O5S. The molecule has 0 aliphatic carbocycles. The van der Waals surface area contributed by atoms with Crippen LogP contribution in [0.5, 0.6) is 5.75 Å². The third-order valence-electron chi connectivity index (χ3n) is 5.24. The van der Waals surface area contributed by atoms with Crippen molar-refractivity contribution in [3.63, 3.8) is 0 Å². The summed E-state index contributed by atoms with van der Waals surface area (Å²) in [7, 11) is -0.593. The normalized spacial score (nSPS) is 12.1. The molecule has 1 N–H and O–H groups in total. The van der Waals surface area contributed by atoms with Gasteiger partial charge in [-0.1, -0.05) is 35.3 Å². The summed E-state index contributed by atoms with van der Waals surface area (Å²) in [6.07, 6.45) is 1.40. The van der Waals surface area contributed by atoms with E-state index in [0.717, 1.165) is 6.26 Å². The number of ether oxygens (including phenoxy) is 1. The molecule has 1 unspecified atom stereocenters. The second kappa shape index (κ2) is 12.3. The van der Waals surface area contributed by atoms with Gasteiger partial charge in [0.15, 0.2) is 0 Å². The molecule has 0 saturated carbocycles. The van der Waals surface area contributed by atoms with E-state index in [0.29, 0.717) is 27.0 Å². The van der Waals surface area contributed by atoms with E-state index < -0.39 is 16.1 Å². The molecule has 11 heteroatoms. The number of hydrogen-bond donors (Lipinski definition) is 1. The summed E-state index contributed by atoms with van der Waals surface area (Å²) in [5, 5.41) is 3.29. The number of carbonyl (C=O) groups is 2. The summed E-state index contributed by atoms with van der Waals surface area (Å²) < 4.78 is 31.2. The minimum Gasteiger partial charge on any atom is -0.497 e. The van der Waals surface area contributed by atoms with Gasteiger partial charge in [-0.3, -0.25) is 13.9 Å². The summed E-state index contributed by atoms with van der Waals surface area (Å²) in [6, 6.07) is 11.0. The topological polar surface area (TPSA) is 96.0 Å². The summed E-state index contributed by atoms with van der Waals surface area (Å²) >= 11 is 12.1. The Balaban J connectivity index is 2.17. The van der Waals surface area contributed by atoms with Crippen molar-refractivity contribution in [2.24, 2.45) is 0 Å². The van der Waals surface area contributed by atoms with Crippen LogP contribution in [0, 0.1) is 0 Å². The maximum absolute atomic E-state index is 13.1. The average Bonchev–Trinajstić information content (AvgIpc) is 2.80. The zero-order valence-electron chi connectivity index (χ0n) is 19.5. The number of anilines is 1. The second-order valence-electron chi connectivity index (χ2n) is 7.70. The van der Waals surface area contributed by atoms with Gasteiger partial charge in [0.1, 0.15) is 11.8 Å². The van der Waals surface area contributed by atoms with E-state index in [9.17, 15) is 18.0 Å². The van der Waals surface area contributed by atoms with Crippen LogP contribution in [0.3, 0.4) is 0 Å². The minimum absolute atomic E-state index is 0.0403. The van der Waals surface area contributed by atoms with E-state index in [4.69, 9.17) is 27.9 Å². The van der Waals surface area contributed by atoms with Gasteiger partial charge in [-0.2, -0.15) is 0 Å². The first-order valence-electron chi connectivity index (χ1n) is 10.5.